The zero-order chi connectivity index (χ0) is 15.6. The first kappa shape index (κ1) is 15.8. The normalized spacial score (nSPS) is 22.0. The Bertz CT molecular complexity index is 542. The molecule has 0 heterocycles. The third-order valence-corrected chi connectivity index (χ3v) is 3.98. The van der Waals surface area contributed by atoms with Crippen molar-refractivity contribution in [3.05, 3.63) is 35.4 Å². The fourth-order valence-corrected chi connectivity index (χ4v) is 2.82. The minimum Gasteiger partial charge on any atom is -0.393 e. The van der Waals surface area contributed by atoms with E-state index < -0.39 is 17.6 Å². The molecular formula is C14H15F3N2OS. The van der Waals surface area contributed by atoms with Crippen LogP contribution in [0.2, 0.25) is 0 Å². The first-order chi connectivity index (χ1) is 9.79. The Balaban J connectivity index is 2.05. The lowest BCUT2D eigenvalue weighted by molar-refractivity contribution is -0.137. The lowest BCUT2D eigenvalue weighted by Gasteiger charge is -2.20. The lowest BCUT2D eigenvalue weighted by atomic mass is 10.0. The van der Waals surface area contributed by atoms with E-state index in [-0.39, 0.29) is 17.5 Å². The summed E-state index contributed by atoms with van der Waals surface area (Å²) >= 11 is 4.96. The smallest absolute Gasteiger partial charge is 0.393 e. The predicted molar refractivity (Wildman–Crippen MR) is 76.8 cm³/mol. The highest BCUT2D eigenvalue weighted by atomic mass is 32.1. The molecule has 21 heavy (non-hydrogen) atoms. The van der Waals surface area contributed by atoms with Crippen molar-refractivity contribution < 1.29 is 18.0 Å². The molecule has 3 nitrogen and oxygen atoms in total. The molecule has 0 radical (unpaired) electrons. The third kappa shape index (κ3) is 3.72. The summed E-state index contributed by atoms with van der Waals surface area (Å²) in [6.45, 7) is 0. The van der Waals surface area contributed by atoms with E-state index >= 15 is 0 Å². The number of halogens is 3. The van der Waals surface area contributed by atoms with Crippen LogP contribution in [0, 0.1) is 5.92 Å². The van der Waals surface area contributed by atoms with Crippen molar-refractivity contribution >= 4 is 23.1 Å². The van der Waals surface area contributed by atoms with Gasteiger partial charge in [-0.2, -0.15) is 13.2 Å². The second-order valence-corrected chi connectivity index (χ2v) is 5.57. The Morgan fingerprint density at radius 1 is 1.24 bits per heavy atom. The van der Waals surface area contributed by atoms with E-state index in [1.165, 1.54) is 12.1 Å². The van der Waals surface area contributed by atoms with Gasteiger partial charge in [-0.1, -0.05) is 18.6 Å². The van der Waals surface area contributed by atoms with Gasteiger partial charge in [0.2, 0.25) is 0 Å². The second-order valence-electron chi connectivity index (χ2n) is 5.09. The van der Waals surface area contributed by atoms with Crippen LogP contribution in [0.3, 0.4) is 0 Å². The van der Waals surface area contributed by atoms with Crippen molar-refractivity contribution in [2.24, 2.45) is 11.7 Å². The largest absolute Gasteiger partial charge is 0.416 e. The van der Waals surface area contributed by atoms with Crippen molar-refractivity contribution in [1.82, 2.24) is 5.32 Å². The van der Waals surface area contributed by atoms with Gasteiger partial charge < -0.3 is 11.1 Å². The van der Waals surface area contributed by atoms with Crippen LogP contribution in [-0.2, 0) is 6.18 Å². The van der Waals surface area contributed by atoms with Crippen LogP contribution in [-0.4, -0.2) is 16.9 Å². The molecule has 1 fully saturated rings. The number of carbonyl (C=O) groups is 1. The second kappa shape index (κ2) is 6.01. The number of amides is 1. The summed E-state index contributed by atoms with van der Waals surface area (Å²) in [6.07, 6.45) is -1.89. The SMILES string of the molecule is NC(=S)C1CCCC1NC(=O)c1ccc(C(F)(F)F)cc1. The molecule has 2 unspecified atom stereocenters. The zero-order valence-corrected chi connectivity index (χ0v) is 11.9. The van der Waals surface area contributed by atoms with E-state index in [0.29, 0.717) is 4.99 Å². The lowest BCUT2D eigenvalue weighted by Crippen LogP contribution is -2.41. The van der Waals surface area contributed by atoms with E-state index in [9.17, 15) is 18.0 Å². The van der Waals surface area contributed by atoms with Gasteiger partial charge in [-0.15, -0.1) is 0 Å². The molecule has 0 aromatic heterocycles. The van der Waals surface area contributed by atoms with E-state index in [1.807, 2.05) is 0 Å². The standard InChI is InChI=1S/C14H15F3N2OS/c15-14(16,17)9-6-4-8(5-7-9)13(20)19-11-3-1-2-10(11)12(18)21/h4-7,10-11H,1-3H2,(H2,18,21)(H,19,20). The van der Waals surface area contributed by atoms with Gasteiger partial charge >= 0.3 is 6.18 Å². The molecule has 2 rings (SSSR count). The summed E-state index contributed by atoms with van der Waals surface area (Å²) in [5.74, 6) is -0.449. The Kier molecular flexibility index (Phi) is 4.51. The summed E-state index contributed by atoms with van der Waals surface area (Å²) in [5, 5.41) is 2.80. The van der Waals surface area contributed by atoms with Gasteiger partial charge in [-0.05, 0) is 37.1 Å². The molecule has 0 aliphatic heterocycles. The van der Waals surface area contributed by atoms with Gasteiger partial charge in [0.05, 0.1) is 10.6 Å². The summed E-state index contributed by atoms with van der Waals surface area (Å²) in [4.78, 5) is 12.4. The van der Waals surface area contributed by atoms with Gasteiger partial charge in [0, 0.05) is 17.5 Å². The molecule has 1 aliphatic rings. The fraction of sp³-hybridized carbons (Fsp3) is 0.429. The number of hydrogen-bond acceptors (Lipinski definition) is 2. The average Bonchev–Trinajstić information content (AvgIpc) is 2.86. The van der Waals surface area contributed by atoms with Gasteiger partial charge in [0.25, 0.3) is 5.91 Å². The summed E-state index contributed by atoms with van der Waals surface area (Å²) in [5.41, 5.74) is 5.04. The summed E-state index contributed by atoms with van der Waals surface area (Å²) in [6, 6.07) is 3.99. The summed E-state index contributed by atoms with van der Waals surface area (Å²) < 4.78 is 37.4. The van der Waals surface area contributed by atoms with E-state index in [0.717, 1.165) is 31.4 Å². The number of rotatable bonds is 3. The van der Waals surface area contributed by atoms with Gasteiger partial charge in [-0.3, -0.25) is 4.79 Å². The van der Waals surface area contributed by atoms with E-state index in [4.69, 9.17) is 18.0 Å². The minimum absolute atomic E-state index is 0.0431. The van der Waals surface area contributed by atoms with Gasteiger partial charge in [-0.25, -0.2) is 0 Å². The number of alkyl halides is 3. The van der Waals surface area contributed by atoms with Crippen molar-refractivity contribution in [1.29, 1.82) is 0 Å². The van der Waals surface area contributed by atoms with Crippen LogP contribution in [0.15, 0.2) is 24.3 Å². The highest BCUT2D eigenvalue weighted by Crippen LogP contribution is 2.29. The van der Waals surface area contributed by atoms with Crippen LogP contribution in [0.1, 0.15) is 35.2 Å². The number of hydrogen-bond donors (Lipinski definition) is 2. The van der Waals surface area contributed by atoms with Crippen LogP contribution in [0.4, 0.5) is 13.2 Å². The molecule has 1 saturated carbocycles. The minimum atomic E-state index is -4.41. The molecule has 114 valence electrons. The van der Waals surface area contributed by atoms with Gasteiger partial charge in [0.15, 0.2) is 0 Å². The average molecular weight is 316 g/mol. The highest BCUT2D eigenvalue weighted by Gasteiger charge is 2.32. The molecule has 1 amide bonds. The molecule has 3 N–H and O–H groups in total. The first-order valence-corrected chi connectivity index (χ1v) is 6.97. The topological polar surface area (TPSA) is 55.1 Å². The maximum absolute atomic E-state index is 12.5. The monoisotopic (exact) mass is 316 g/mol. The van der Waals surface area contributed by atoms with E-state index in [2.05, 4.69) is 5.32 Å². The predicted octanol–water partition coefficient (Wildman–Crippen LogP) is 2.89. The van der Waals surface area contributed by atoms with Crippen LogP contribution >= 0.6 is 12.2 Å². The zero-order valence-electron chi connectivity index (χ0n) is 11.1. The quantitative estimate of drug-likeness (QED) is 0.843. The first-order valence-electron chi connectivity index (χ1n) is 6.56. The van der Waals surface area contributed by atoms with Crippen LogP contribution in [0.5, 0.6) is 0 Å². The van der Waals surface area contributed by atoms with Crippen molar-refractivity contribution in [2.75, 3.05) is 0 Å². The molecule has 0 bridgehead atoms. The molecule has 1 aromatic carbocycles. The molecule has 1 aromatic rings. The Labute approximate surface area is 125 Å². The highest BCUT2D eigenvalue weighted by molar-refractivity contribution is 7.80. The van der Waals surface area contributed by atoms with Crippen molar-refractivity contribution in [2.45, 2.75) is 31.5 Å². The molecule has 1 aliphatic carbocycles. The Morgan fingerprint density at radius 3 is 2.38 bits per heavy atom. The van der Waals surface area contributed by atoms with Crippen LogP contribution in [0.25, 0.3) is 0 Å². The molecule has 0 saturated heterocycles. The number of nitrogens with two attached hydrogens (primary N) is 1. The number of benzene rings is 1. The maximum Gasteiger partial charge on any atom is 0.416 e. The number of carbonyl (C=O) groups excluding carboxylic acids is 1. The maximum atomic E-state index is 12.5. The Morgan fingerprint density at radius 2 is 1.86 bits per heavy atom. The third-order valence-electron chi connectivity index (χ3n) is 3.67. The summed E-state index contributed by atoms with van der Waals surface area (Å²) in [7, 11) is 0. The Hall–Kier alpha value is -1.63. The van der Waals surface area contributed by atoms with E-state index in [1.54, 1.807) is 0 Å². The van der Waals surface area contributed by atoms with Crippen molar-refractivity contribution in [3.8, 4) is 0 Å². The molecule has 2 atom stereocenters. The van der Waals surface area contributed by atoms with Crippen LogP contribution < -0.4 is 11.1 Å². The van der Waals surface area contributed by atoms with Crippen molar-refractivity contribution in [3.63, 3.8) is 0 Å². The van der Waals surface area contributed by atoms with Gasteiger partial charge in [0.1, 0.15) is 0 Å². The molecule has 7 heteroatoms. The fourth-order valence-electron chi connectivity index (χ4n) is 2.54. The molecule has 0 spiro atoms. The number of nitrogens with one attached hydrogen (secondary N) is 1. The number of thiocarbonyl (C=S) groups is 1. The molecular weight excluding hydrogens is 301 g/mol.